The summed E-state index contributed by atoms with van der Waals surface area (Å²) in [6.07, 6.45) is 1.72. The summed E-state index contributed by atoms with van der Waals surface area (Å²) in [5.41, 5.74) is 0. The van der Waals surface area contributed by atoms with Crippen LogP contribution < -0.4 is 4.90 Å². The van der Waals surface area contributed by atoms with Crippen molar-refractivity contribution in [2.75, 3.05) is 11.4 Å². The third-order valence-corrected chi connectivity index (χ3v) is 1.31. The molecule has 0 unspecified atom stereocenters. The van der Waals surface area contributed by atoms with Gasteiger partial charge in [0.1, 0.15) is 0 Å². The minimum Gasteiger partial charge on any atom is -0.340 e. The molecule has 1 aromatic heterocycles. The van der Waals surface area contributed by atoms with Gasteiger partial charge < -0.3 is 4.52 Å². The molecule has 5 nitrogen and oxygen atoms in total. The van der Waals surface area contributed by atoms with Crippen LogP contribution in [0.3, 0.4) is 0 Å². The van der Waals surface area contributed by atoms with Crippen molar-refractivity contribution >= 4 is 12.2 Å². The smallest absolute Gasteiger partial charge is 0.318 e. The van der Waals surface area contributed by atoms with E-state index in [0.717, 1.165) is 0 Å². The van der Waals surface area contributed by atoms with E-state index in [4.69, 9.17) is 0 Å². The minimum absolute atomic E-state index is 0.433. The fourth-order valence-electron chi connectivity index (χ4n) is 0.733. The fourth-order valence-corrected chi connectivity index (χ4v) is 0.733. The van der Waals surface area contributed by atoms with Gasteiger partial charge >= 0.3 is 6.41 Å². The number of hydrogen-bond donors (Lipinski definition) is 0. The van der Waals surface area contributed by atoms with Crippen LogP contribution in [0.4, 0.5) is 5.82 Å². The molecule has 0 aliphatic rings. The molecule has 0 aliphatic carbocycles. The average molecular weight is 154 g/mol. The van der Waals surface area contributed by atoms with E-state index in [9.17, 15) is 4.79 Å². The van der Waals surface area contributed by atoms with Crippen LogP contribution in [0.1, 0.15) is 12.7 Å². The molecule has 59 valence electrons. The van der Waals surface area contributed by atoms with E-state index in [0.29, 0.717) is 18.1 Å². The first kappa shape index (κ1) is 7.71. The number of rotatable bonds is 3. The zero-order valence-corrected chi connectivity index (χ0v) is 6.37. The van der Waals surface area contributed by atoms with Gasteiger partial charge in [-0.15, -0.1) is 0 Å². The summed E-state index contributed by atoms with van der Waals surface area (Å²) in [7, 11) is 0. The number of amides is 1. The molecule has 0 aromatic carbocycles. The van der Waals surface area contributed by atoms with Crippen LogP contribution in [0, 0.1) is 6.92 Å². The van der Waals surface area contributed by atoms with Crippen molar-refractivity contribution in [2.24, 2.45) is 0 Å². The van der Waals surface area contributed by atoms with E-state index in [1.54, 1.807) is 13.3 Å². The zero-order valence-electron chi connectivity index (χ0n) is 6.37. The number of carbonyl (C=O) groups excluding carboxylic acids is 1. The summed E-state index contributed by atoms with van der Waals surface area (Å²) < 4.78 is 4.67. The van der Waals surface area contributed by atoms with Crippen molar-refractivity contribution in [2.45, 2.75) is 13.8 Å². The maximum absolute atomic E-state index is 10.3. The van der Waals surface area contributed by atoms with Crippen molar-refractivity contribution in [1.82, 2.24) is 10.4 Å². The van der Waals surface area contributed by atoms with Crippen molar-refractivity contribution in [3.05, 3.63) is 5.76 Å². The first-order valence-corrected chi connectivity index (χ1v) is 3.23. The lowest BCUT2D eigenvalue weighted by Crippen LogP contribution is -2.21. The molecule has 1 heterocycles. The molecular weight excluding hydrogens is 146 g/mol. The second kappa shape index (κ2) is 3.14. The summed E-state index contributed by atoms with van der Waals surface area (Å²) in [6.45, 7) is 4.02. The van der Waals surface area contributed by atoms with Gasteiger partial charge in [0.15, 0.2) is 5.76 Å². The van der Waals surface area contributed by atoms with E-state index in [-0.39, 0.29) is 0 Å². The van der Waals surface area contributed by atoms with Gasteiger partial charge in [0.2, 0.25) is 5.82 Å². The highest BCUT2D eigenvalue weighted by molar-refractivity contribution is 5.73. The van der Waals surface area contributed by atoms with Crippen LogP contribution in [0.25, 0.3) is 0 Å². The molecule has 0 spiro atoms. The van der Waals surface area contributed by atoms with Crippen LogP contribution >= 0.6 is 0 Å². The van der Waals surface area contributed by atoms with Crippen LogP contribution in [-0.4, -0.2) is 23.3 Å². The molecule has 0 atom stereocenters. The van der Waals surface area contributed by atoms with Crippen molar-refractivity contribution < 1.29 is 9.32 Å². The second-order valence-electron chi connectivity index (χ2n) is 1.99. The predicted octanol–water partition coefficient (Wildman–Crippen LogP) is 0.272. The third kappa shape index (κ3) is 1.36. The first-order chi connectivity index (χ1) is 5.29. The van der Waals surface area contributed by atoms with E-state index in [1.807, 2.05) is 6.92 Å². The largest absolute Gasteiger partial charge is 0.340 e. The number of aryl methyl sites for hydroxylation is 1. The second-order valence-corrected chi connectivity index (χ2v) is 1.99. The lowest BCUT2D eigenvalue weighted by Gasteiger charge is -2.07. The van der Waals surface area contributed by atoms with Crippen molar-refractivity contribution in [1.29, 1.82) is 0 Å². The fraction of sp³-hybridized carbons (Fsp3) is 0.500. The van der Waals surface area contributed by atoms with E-state index < -0.39 is 0 Å². The molecule has 1 rings (SSSR count). The quantitative estimate of drug-likeness (QED) is 0.586. The Balaban J connectivity index is 2.89. The lowest BCUT2D eigenvalue weighted by molar-refractivity contribution is 0.374. The van der Waals surface area contributed by atoms with Gasteiger partial charge in [-0.05, 0) is 6.92 Å². The molecule has 1 radical (unpaired) electrons. The Morgan fingerprint density at radius 3 is 2.82 bits per heavy atom. The maximum Gasteiger partial charge on any atom is 0.318 e. The monoisotopic (exact) mass is 154 g/mol. The summed E-state index contributed by atoms with van der Waals surface area (Å²) in [4.78, 5) is 11.6. The maximum atomic E-state index is 10.3. The summed E-state index contributed by atoms with van der Waals surface area (Å²) in [5, 5.41) is 6.90. The molecular formula is C6H8N3O2. The van der Waals surface area contributed by atoms with Gasteiger partial charge in [-0.3, -0.25) is 9.69 Å². The Hall–Kier alpha value is -1.39. The molecule has 1 amide bonds. The van der Waals surface area contributed by atoms with Gasteiger partial charge in [-0.2, -0.15) is 0 Å². The molecule has 11 heavy (non-hydrogen) atoms. The zero-order chi connectivity index (χ0) is 8.27. The molecule has 0 N–H and O–H groups in total. The number of anilines is 1. The summed E-state index contributed by atoms with van der Waals surface area (Å²) in [5.74, 6) is 0.956. The van der Waals surface area contributed by atoms with Crippen LogP contribution in [-0.2, 0) is 4.79 Å². The Morgan fingerprint density at radius 2 is 2.45 bits per heavy atom. The molecule has 0 saturated carbocycles. The molecule has 5 heteroatoms. The van der Waals surface area contributed by atoms with Gasteiger partial charge in [0.05, 0.1) is 0 Å². The number of hydrogen-bond acceptors (Lipinski definition) is 4. The molecule has 0 aliphatic heterocycles. The van der Waals surface area contributed by atoms with Crippen LogP contribution in [0.2, 0.25) is 0 Å². The molecule has 1 aromatic rings. The number of nitrogens with zero attached hydrogens (tertiary/aromatic N) is 3. The van der Waals surface area contributed by atoms with Crippen molar-refractivity contribution in [3.63, 3.8) is 0 Å². The van der Waals surface area contributed by atoms with Crippen molar-refractivity contribution in [3.8, 4) is 0 Å². The minimum atomic E-state index is 0.433. The van der Waals surface area contributed by atoms with Gasteiger partial charge in [-0.25, -0.2) is 0 Å². The first-order valence-electron chi connectivity index (χ1n) is 3.23. The molecule has 0 bridgehead atoms. The van der Waals surface area contributed by atoms with E-state index >= 15 is 0 Å². The Morgan fingerprint density at radius 1 is 1.73 bits per heavy atom. The average Bonchev–Trinajstić information content (AvgIpc) is 2.40. The highest BCUT2D eigenvalue weighted by atomic mass is 16.5. The van der Waals surface area contributed by atoms with Crippen LogP contribution in [0.15, 0.2) is 4.52 Å². The normalized spacial score (nSPS) is 9.64. The van der Waals surface area contributed by atoms with Gasteiger partial charge in [-0.1, -0.05) is 5.10 Å². The Kier molecular flexibility index (Phi) is 2.20. The predicted molar refractivity (Wildman–Crippen MR) is 37.7 cm³/mol. The molecule has 0 saturated heterocycles. The Labute approximate surface area is 64.0 Å². The van der Waals surface area contributed by atoms with Crippen LogP contribution in [0.5, 0.6) is 0 Å². The van der Waals surface area contributed by atoms with Gasteiger partial charge in [0, 0.05) is 18.7 Å². The van der Waals surface area contributed by atoms with E-state index in [2.05, 4.69) is 14.9 Å². The topological polar surface area (TPSA) is 59.2 Å². The van der Waals surface area contributed by atoms with Gasteiger partial charge in [0.25, 0.3) is 0 Å². The molecule has 0 fully saturated rings. The Bertz CT molecular complexity index is 246. The standard InChI is InChI=1S/C6H8N3O2/c1-3-9(4-10)6-5(2)11-8-7-6/h3H2,1-2H3. The third-order valence-electron chi connectivity index (χ3n) is 1.31. The lowest BCUT2D eigenvalue weighted by atomic mass is 10.4. The van der Waals surface area contributed by atoms with E-state index in [1.165, 1.54) is 4.90 Å². The highest BCUT2D eigenvalue weighted by Crippen LogP contribution is 2.12. The SMILES string of the molecule is CCN([C]=O)c1nnoc1C. The number of aromatic nitrogens is 2. The highest BCUT2D eigenvalue weighted by Gasteiger charge is 2.11. The summed E-state index contributed by atoms with van der Waals surface area (Å²) in [6, 6.07) is 0. The summed E-state index contributed by atoms with van der Waals surface area (Å²) >= 11 is 0.